The van der Waals surface area contributed by atoms with Crippen LogP contribution in [0.15, 0.2) is 36.7 Å². The number of nitrogens with zero attached hydrogens (tertiary/aromatic N) is 4. The normalized spacial score (nSPS) is 11.0. The fourth-order valence-corrected chi connectivity index (χ4v) is 2.48. The van der Waals surface area contributed by atoms with E-state index in [0.29, 0.717) is 10.0 Å². The van der Waals surface area contributed by atoms with Crippen LogP contribution in [0.2, 0.25) is 10.0 Å². The molecule has 0 unspecified atom stereocenters. The fraction of sp³-hybridized carbons (Fsp3) is 0.188. The second-order valence-corrected chi connectivity index (χ2v) is 6.16. The highest BCUT2D eigenvalue weighted by Crippen LogP contribution is 2.29. The Hall–Kier alpha value is -2.11. The predicted molar refractivity (Wildman–Crippen MR) is 91.7 cm³/mol. The first kappa shape index (κ1) is 15.8. The SMILES string of the molecule is CN(C)C(=O)Cn1ncc2ncc(-c3ccc(Cl)c(Cl)c3)cc21. The zero-order valence-electron chi connectivity index (χ0n) is 12.6. The van der Waals surface area contributed by atoms with Gasteiger partial charge in [-0.15, -0.1) is 0 Å². The number of pyridine rings is 1. The minimum atomic E-state index is -0.0325. The summed E-state index contributed by atoms with van der Waals surface area (Å²) in [4.78, 5) is 17.8. The zero-order chi connectivity index (χ0) is 16.6. The van der Waals surface area contributed by atoms with Crippen molar-refractivity contribution in [3.05, 3.63) is 46.7 Å². The van der Waals surface area contributed by atoms with Crippen LogP contribution in [0, 0.1) is 0 Å². The maximum absolute atomic E-state index is 11.9. The molecule has 0 aliphatic carbocycles. The van der Waals surface area contributed by atoms with Crippen LogP contribution in [0.25, 0.3) is 22.2 Å². The lowest BCUT2D eigenvalue weighted by Crippen LogP contribution is -2.26. The Balaban J connectivity index is 2.03. The molecule has 2 heterocycles. The Kier molecular flexibility index (Phi) is 4.24. The largest absolute Gasteiger partial charge is 0.347 e. The quantitative estimate of drug-likeness (QED) is 0.727. The van der Waals surface area contributed by atoms with Gasteiger partial charge in [-0.2, -0.15) is 5.10 Å². The average Bonchev–Trinajstić information content (AvgIpc) is 2.92. The predicted octanol–water partition coefficient (Wildman–Crippen LogP) is 3.49. The van der Waals surface area contributed by atoms with Gasteiger partial charge in [-0.25, -0.2) is 0 Å². The van der Waals surface area contributed by atoms with E-state index in [-0.39, 0.29) is 12.5 Å². The third-order valence-electron chi connectivity index (χ3n) is 3.53. The van der Waals surface area contributed by atoms with Crippen molar-refractivity contribution in [1.29, 1.82) is 0 Å². The molecule has 0 aliphatic heterocycles. The van der Waals surface area contributed by atoms with E-state index in [4.69, 9.17) is 23.2 Å². The van der Waals surface area contributed by atoms with Crippen molar-refractivity contribution in [2.45, 2.75) is 6.54 Å². The third-order valence-corrected chi connectivity index (χ3v) is 4.27. The van der Waals surface area contributed by atoms with Crippen LogP contribution < -0.4 is 0 Å². The van der Waals surface area contributed by atoms with Gasteiger partial charge in [0, 0.05) is 25.9 Å². The zero-order valence-corrected chi connectivity index (χ0v) is 14.1. The molecule has 23 heavy (non-hydrogen) atoms. The number of halogens is 2. The number of carbonyl (C=O) groups is 1. The first-order chi connectivity index (χ1) is 11.0. The second kappa shape index (κ2) is 6.18. The highest BCUT2D eigenvalue weighted by Gasteiger charge is 2.11. The summed E-state index contributed by atoms with van der Waals surface area (Å²) in [5, 5.41) is 5.24. The van der Waals surface area contributed by atoms with E-state index in [2.05, 4.69) is 10.1 Å². The number of benzene rings is 1. The Labute approximate surface area is 143 Å². The summed E-state index contributed by atoms with van der Waals surface area (Å²) in [6.07, 6.45) is 3.40. The van der Waals surface area contributed by atoms with Gasteiger partial charge in [-0.1, -0.05) is 29.3 Å². The Morgan fingerprint density at radius 3 is 2.61 bits per heavy atom. The van der Waals surface area contributed by atoms with Crippen molar-refractivity contribution in [3.8, 4) is 11.1 Å². The number of hydrogen-bond donors (Lipinski definition) is 0. The van der Waals surface area contributed by atoms with Crippen LogP contribution in [0.4, 0.5) is 0 Å². The van der Waals surface area contributed by atoms with Gasteiger partial charge < -0.3 is 4.90 Å². The summed E-state index contributed by atoms with van der Waals surface area (Å²) in [6, 6.07) is 7.36. The molecule has 2 aromatic heterocycles. The van der Waals surface area contributed by atoms with E-state index in [9.17, 15) is 4.79 Å². The van der Waals surface area contributed by atoms with Gasteiger partial charge in [-0.3, -0.25) is 14.5 Å². The Morgan fingerprint density at radius 2 is 1.91 bits per heavy atom. The van der Waals surface area contributed by atoms with E-state index in [1.165, 1.54) is 4.90 Å². The van der Waals surface area contributed by atoms with Gasteiger partial charge >= 0.3 is 0 Å². The van der Waals surface area contributed by atoms with Crippen LogP contribution in [0.1, 0.15) is 0 Å². The Bertz CT molecular complexity index is 889. The molecule has 0 fully saturated rings. The van der Waals surface area contributed by atoms with Crippen molar-refractivity contribution in [1.82, 2.24) is 19.7 Å². The molecule has 0 aliphatic rings. The van der Waals surface area contributed by atoms with Gasteiger partial charge in [0.1, 0.15) is 12.1 Å². The van der Waals surface area contributed by atoms with E-state index < -0.39 is 0 Å². The van der Waals surface area contributed by atoms with Gasteiger partial charge in [0.2, 0.25) is 5.91 Å². The third kappa shape index (κ3) is 3.16. The van der Waals surface area contributed by atoms with Gasteiger partial charge in [-0.05, 0) is 23.8 Å². The topological polar surface area (TPSA) is 51.0 Å². The average molecular weight is 349 g/mol. The maximum atomic E-state index is 11.9. The number of amides is 1. The van der Waals surface area contributed by atoms with Crippen LogP contribution in [0.3, 0.4) is 0 Å². The van der Waals surface area contributed by atoms with Crippen molar-refractivity contribution in [3.63, 3.8) is 0 Å². The molecule has 0 saturated heterocycles. The van der Waals surface area contributed by atoms with Gasteiger partial charge in [0.15, 0.2) is 0 Å². The Morgan fingerprint density at radius 1 is 1.13 bits per heavy atom. The highest BCUT2D eigenvalue weighted by atomic mass is 35.5. The van der Waals surface area contributed by atoms with Crippen molar-refractivity contribution < 1.29 is 4.79 Å². The van der Waals surface area contributed by atoms with Crippen LogP contribution >= 0.6 is 23.2 Å². The maximum Gasteiger partial charge on any atom is 0.243 e. The molecular weight excluding hydrogens is 335 g/mol. The molecule has 0 bridgehead atoms. The summed E-state index contributed by atoms with van der Waals surface area (Å²) >= 11 is 12.0. The summed E-state index contributed by atoms with van der Waals surface area (Å²) in [6.45, 7) is 0.170. The van der Waals surface area contributed by atoms with Crippen LogP contribution in [0.5, 0.6) is 0 Å². The van der Waals surface area contributed by atoms with Crippen LogP contribution in [-0.4, -0.2) is 39.7 Å². The standard InChI is InChI=1S/C16H14Cl2N4O/c1-21(2)16(23)9-22-15-6-11(7-19-14(15)8-20-22)10-3-4-12(17)13(18)5-10/h3-8H,9H2,1-2H3. The van der Waals surface area contributed by atoms with E-state index in [0.717, 1.165) is 22.2 Å². The van der Waals surface area contributed by atoms with E-state index in [1.807, 2.05) is 12.1 Å². The van der Waals surface area contributed by atoms with Gasteiger partial charge in [0.05, 0.1) is 21.8 Å². The van der Waals surface area contributed by atoms with Crippen molar-refractivity contribution >= 4 is 40.1 Å². The summed E-state index contributed by atoms with van der Waals surface area (Å²) in [7, 11) is 3.43. The lowest BCUT2D eigenvalue weighted by atomic mass is 10.1. The minimum Gasteiger partial charge on any atom is -0.347 e. The molecule has 5 nitrogen and oxygen atoms in total. The van der Waals surface area contributed by atoms with Crippen LogP contribution in [-0.2, 0) is 11.3 Å². The smallest absolute Gasteiger partial charge is 0.243 e. The molecule has 0 atom stereocenters. The lowest BCUT2D eigenvalue weighted by molar-refractivity contribution is -0.129. The molecule has 3 aromatic rings. The molecule has 0 radical (unpaired) electrons. The second-order valence-electron chi connectivity index (χ2n) is 5.35. The number of aromatic nitrogens is 3. The van der Waals surface area contributed by atoms with Crippen molar-refractivity contribution in [2.75, 3.05) is 14.1 Å². The molecule has 7 heteroatoms. The van der Waals surface area contributed by atoms with Crippen molar-refractivity contribution in [2.24, 2.45) is 0 Å². The molecular formula is C16H14Cl2N4O. The molecule has 3 rings (SSSR count). The van der Waals surface area contributed by atoms with Gasteiger partial charge in [0.25, 0.3) is 0 Å². The summed E-state index contributed by atoms with van der Waals surface area (Å²) in [5.41, 5.74) is 3.32. The molecule has 0 spiro atoms. The molecule has 1 amide bonds. The highest BCUT2D eigenvalue weighted by molar-refractivity contribution is 6.42. The lowest BCUT2D eigenvalue weighted by Gasteiger charge is -2.11. The summed E-state index contributed by atoms with van der Waals surface area (Å²) in [5.74, 6) is -0.0325. The fourth-order valence-electron chi connectivity index (χ4n) is 2.19. The number of fused-ring (bicyclic) bond motifs is 1. The molecule has 1 aromatic carbocycles. The first-order valence-corrected chi connectivity index (χ1v) is 7.68. The number of carbonyl (C=O) groups excluding carboxylic acids is 1. The molecule has 0 saturated carbocycles. The number of likely N-dealkylation sites (N-methyl/N-ethyl adjacent to an activating group) is 1. The molecule has 0 N–H and O–H groups in total. The molecule has 118 valence electrons. The minimum absolute atomic E-state index is 0.0325. The monoisotopic (exact) mass is 348 g/mol. The summed E-state index contributed by atoms with van der Waals surface area (Å²) < 4.78 is 1.64. The number of rotatable bonds is 3. The van der Waals surface area contributed by atoms with E-state index >= 15 is 0 Å². The van der Waals surface area contributed by atoms with E-state index in [1.54, 1.807) is 43.3 Å². The first-order valence-electron chi connectivity index (χ1n) is 6.93. The number of hydrogen-bond acceptors (Lipinski definition) is 3.